The fraction of sp³-hybridized carbons (Fsp3) is 0.100. The topological polar surface area (TPSA) is 53.4 Å². The van der Waals surface area contributed by atoms with Crippen molar-refractivity contribution in [2.24, 2.45) is 0 Å². The Morgan fingerprint density at radius 3 is 2.54 bits per heavy atom. The summed E-state index contributed by atoms with van der Waals surface area (Å²) in [6.45, 7) is 1.91. The van der Waals surface area contributed by atoms with E-state index in [0.717, 1.165) is 16.3 Å². The second-order valence-corrected chi connectivity index (χ2v) is 3.02. The van der Waals surface area contributed by atoms with E-state index in [1.807, 2.05) is 6.92 Å². The first-order valence-electron chi connectivity index (χ1n) is 3.95. The first-order valence-corrected chi connectivity index (χ1v) is 3.95. The molecule has 1 aromatic carbocycles. The quantitative estimate of drug-likeness (QED) is 0.602. The Labute approximate surface area is 75.3 Å². The zero-order valence-corrected chi connectivity index (χ0v) is 7.15. The van der Waals surface area contributed by atoms with E-state index >= 15 is 0 Å². The van der Waals surface area contributed by atoms with Crippen molar-refractivity contribution in [3.63, 3.8) is 0 Å². The summed E-state index contributed by atoms with van der Waals surface area (Å²) in [7, 11) is 0. The molecule has 3 heteroatoms. The Morgan fingerprint density at radius 2 is 1.77 bits per heavy atom. The maximum Gasteiger partial charge on any atom is 0.158 e. The number of nitrogens with zero attached hydrogens (tertiary/aromatic N) is 1. The minimum atomic E-state index is -0.111. The van der Waals surface area contributed by atoms with Crippen molar-refractivity contribution in [1.82, 2.24) is 4.98 Å². The average Bonchev–Trinajstić information content (AvgIpc) is 2.09. The summed E-state index contributed by atoms with van der Waals surface area (Å²) in [5.41, 5.74) is 0.979. The lowest BCUT2D eigenvalue weighted by Gasteiger charge is -2.03. The Morgan fingerprint density at radius 1 is 1.08 bits per heavy atom. The van der Waals surface area contributed by atoms with Gasteiger partial charge in [-0.05, 0) is 30.0 Å². The summed E-state index contributed by atoms with van der Waals surface area (Å²) in [4.78, 5) is 3.99. The van der Waals surface area contributed by atoms with Gasteiger partial charge >= 0.3 is 0 Å². The van der Waals surface area contributed by atoms with E-state index in [2.05, 4.69) is 4.98 Å². The molecule has 1 heterocycles. The highest BCUT2D eigenvalue weighted by Crippen LogP contribution is 2.30. The van der Waals surface area contributed by atoms with Gasteiger partial charge in [0.1, 0.15) is 0 Å². The molecule has 3 nitrogen and oxygen atoms in total. The van der Waals surface area contributed by atoms with Crippen LogP contribution in [0.15, 0.2) is 24.5 Å². The lowest BCUT2D eigenvalue weighted by atomic mass is 10.1. The third-order valence-corrected chi connectivity index (χ3v) is 2.05. The number of hydrogen-bond donors (Lipinski definition) is 2. The average molecular weight is 175 g/mol. The molecule has 0 unspecified atom stereocenters. The number of pyridine rings is 1. The van der Waals surface area contributed by atoms with E-state index in [-0.39, 0.29) is 11.5 Å². The molecule has 2 rings (SSSR count). The molecule has 0 spiro atoms. The van der Waals surface area contributed by atoms with Gasteiger partial charge in [-0.1, -0.05) is 0 Å². The highest BCUT2D eigenvalue weighted by molar-refractivity contribution is 5.87. The molecular formula is C10H9NO2. The van der Waals surface area contributed by atoms with Gasteiger partial charge in [-0.3, -0.25) is 4.98 Å². The predicted molar refractivity (Wildman–Crippen MR) is 49.8 cm³/mol. The van der Waals surface area contributed by atoms with Crippen LogP contribution in [0.4, 0.5) is 0 Å². The minimum absolute atomic E-state index is 0.0956. The van der Waals surface area contributed by atoms with Crippen LogP contribution >= 0.6 is 0 Å². The number of benzene rings is 1. The number of fused-ring (bicyclic) bond motifs is 1. The molecule has 0 saturated carbocycles. The Kier molecular flexibility index (Phi) is 1.59. The Hall–Kier alpha value is -1.77. The molecule has 0 fully saturated rings. The summed E-state index contributed by atoms with van der Waals surface area (Å²) < 4.78 is 0. The third-order valence-electron chi connectivity index (χ3n) is 2.05. The van der Waals surface area contributed by atoms with Gasteiger partial charge in [0, 0.05) is 17.8 Å². The summed E-state index contributed by atoms with van der Waals surface area (Å²) in [6, 6.07) is 3.05. The fourth-order valence-corrected chi connectivity index (χ4v) is 1.34. The van der Waals surface area contributed by atoms with Crippen molar-refractivity contribution in [2.75, 3.05) is 0 Å². The summed E-state index contributed by atoms with van der Waals surface area (Å²) in [5, 5.41) is 20.2. The van der Waals surface area contributed by atoms with Gasteiger partial charge in [0.2, 0.25) is 0 Å². The number of aryl methyl sites for hydroxylation is 1. The molecule has 0 amide bonds. The number of aromatic nitrogens is 1. The van der Waals surface area contributed by atoms with Gasteiger partial charge in [0.05, 0.1) is 0 Å². The molecule has 0 aliphatic heterocycles. The van der Waals surface area contributed by atoms with Gasteiger partial charge in [0.25, 0.3) is 0 Å². The van der Waals surface area contributed by atoms with Crippen LogP contribution in [0.5, 0.6) is 11.5 Å². The van der Waals surface area contributed by atoms with Crippen molar-refractivity contribution in [3.05, 3.63) is 30.1 Å². The summed E-state index contributed by atoms with van der Waals surface area (Å²) >= 11 is 0. The van der Waals surface area contributed by atoms with Crippen molar-refractivity contribution in [1.29, 1.82) is 0 Å². The molecule has 1 aromatic heterocycles. The van der Waals surface area contributed by atoms with Gasteiger partial charge < -0.3 is 10.2 Å². The predicted octanol–water partition coefficient (Wildman–Crippen LogP) is 1.95. The van der Waals surface area contributed by atoms with E-state index in [1.165, 1.54) is 6.07 Å². The normalized spacial score (nSPS) is 10.5. The molecule has 0 saturated heterocycles. The molecule has 0 aliphatic rings. The maximum absolute atomic E-state index is 9.27. The maximum atomic E-state index is 9.27. The zero-order chi connectivity index (χ0) is 9.42. The molecule has 0 radical (unpaired) electrons. The van der Waals surface area contributed by atoms with Gasteiger partial charge in [-0.25, -0.2) is 0 Å². The SMILES string of the molecule is Cc1cncc2cc(O)c(O)cc12. The number of phenols is 2. The van der Waals surface area contributed by atoms with Crippen molar-refractivity contribution in [3.8, 4) is 11.5 Å². The van der Waals surface area contributed by atoms with Crippen molar-refractivity contribution < 1.29 is 10.2 Å². The van der Waals surface area contributed by atoms with Gasteiger partial charge in [-0.2, -0.15) is 0 Å². The molecule has 0 aliphatic carbocycles. The lowest BCUT2D eigenvalue weighted by molar-refractivity contribution is 0.405. The number of rotatable bonds is 0. The van der Waals surface area contributed by atoms with Crippen LogP contribution in [0.25, 0.3) is 10.8 Å². The number of phenolic OH excluding ortho intramolecular Hbond substituents is 2. The zero-order valence-electron chi connectivity index (χ0n) is 7.15. The molecule has 0 bridgehead atoms. The Bertz CT molecular complexity index is 466. The van der Waals surface area contributed by atoms with E-state index in [9.17, 15) is 10.2 Å². The van der Waals surface area contributed by atoms with E-state index in [0.29, 0.717) is 0 Å². The first kappa shape index (κ1) is 7.86. The van der Waals surface area contributed by atoms with E-state index in [1.54, 1.807) is 18.5 Å². The first-order chi connectivity index (χ1) is 6.18. The summed E-state index contributed by atoms with van der Waals surface area (Å²) in [6.07, 6.45) is 3.38. The largest absolute Gasteiger partial charge is 0.504 e. The second-order valence-electron chi connectivity index (χ2n) is 3.02. The standard InChI is InChI=1S/C10H9NO2/c1-6-4-11-5-7-2-9(12)10(13)3-8(6)7/h2-5,12-13H,1H3. The van der Waals surface area contributed by atoms with Gasteiger partial charge in [-0.15, -0.1) is 0 Å². The van der Waals surface area contributed by atoms with Crippen LogP contribution in [-0.2, 0) is 0 Å². The second kappa shape index (κ2) is 2.62. The van der Waals surface area contributed by atoms with Crippen LogP contribution in [0, 0.1) is 6.92 Å². The van der Waals surface area contributed by atoms with Crippen LogP contribution in [0.2, 0.25) is 0 Å². The van der Waals surface area contributed by atoms with Crippen LogP contribution in [0.3, 0.4) is 0 Å². The number of hydrogen-bond acceptors (Lipinski definition) is 3. The highest BCUT2D eigenvalue weighted by Gasteiger charge is 2.03. The van der Waals surface area contributed by atoms with Crippen molar-refractivity contribution >= 4 is 10.8 Å². The minimum Gasteiger partial charge on any atom is -0.504 e. The molecule has 2 aromatic rings. The van der Waals surface area contributed by atoms with E-state index < -0.39 is 0 Å². The van der Waals surface area contributed by atoms with E-state index in [4.69, 9.17) is 0 Å². The summed E-state index contributed by atoms with van der Waals surface area (Å²) in [5.74, 6) is -0.207. The number of aromatic hydroxyl groups is 2. The van der Waals surface area contributed by atoms with Crippen LogP contribution in [-0.4, -0.2) is 15.2 Å². The third kappa shape index (κ3) is 1.18. The van der Waals surface area contributed by atoms with Crippen molar-refractivity contribution in [2.45, 2.75) is 6.92 Å². The fourth-order valence-electron chi connectivity index (χ4n) is 1.34. The molecule has 2 N–H and O–H groups in total. The molecule has 66 valence electrons. The molecule has 13 heavy (non-hydrogen) atoms. The van der Waals surface area contributed by atoms with Gasteiger partial charge in [0.15, 0.2) is 11.5 Å². The Balaban J connectivity index is 2.89. The van der Waals surface area contributed by atoms with Crippen LogP contribution in [0.1, 0.15) is 5.56 Å². The molecular weight excluding hydrogens is 166 g/mol. The highest BCUT2D eigenvalue weighted by atomic mass is 16.3. The lowest BCUT2D eigenvalue weighted by Crippen LogP contribution is -1.81. The monoisotopic (exact) mass is 175 g/mol. The smallest absolute Gasteiger partial charge is 0.158 e. The molecule has 0 atom stereocenters. The van der Waals surface area contributed by atoms with Crippen LogP contribution < -0.4 is 0 Å².